The standard InChI is InChI=1S/C15H12ClN3O2/c16-12-5-3-4-11(10-12)7-8-14(20)18-19-15(21)13-6-1-2-9-17-13/h1-10H,(H,18,20)(H,19,21)/b8-7+. The van der Waals surface area contributed by atoms with Crippen molar-refractivity contribution in [2.75, 3.05) is 0 Å². The Labute approximate surface area is 126 Å². The van der Waals surface area contributed by atoms with E-state index >= 15 is 0 Å². The van der Waals surface area contributed by atoms with E-state index in [1.54, 1.807) is 42.5 Å². The second-order valence-electron chi connectivity index (χ2n) is 4.05. The summed E-state index contributed by atoms with van der Waals surface area (Å²) in [5.41, 5.74) is 5.54. The molecule has 2 N–H and O–H groups in total. The average molecular weight is 302 g/mol. The van der Waals surface area contributed by atoms with E-state index in [2.05, 4.69) is 15.8 Å². The number of nitrogens with one attached hydrogen (secondary N) is 2. The average Bonchev–Trinajstić information content (AvgIpc) is 2.51. The fourth-order valence-corrected chi connectivity index (χ4v) is 1.70. The van der Waals surface area contributed by atoms with Gasteiger partial charge in [0.1, 0.15) is 5.69 Å². The molecule has 0 fully saturated rings. The lowest BCUT2D eigenvalue weighted by molar-refractivity contribution is -0.117. The Morgan fingerprint density at radius 1 is 1.10 bits per heavy atom. The minimum Gasteiger partial charge on any atom is -0.268 e. The number of pyridine rings is 1. The van der Waals surface area contributed by atoms with Crippen LogP contribution in [0, 0.1) is 0 Å². The summed E-state index contributed by atoms with van der Waals surface area (Å²) >= 11 is 5.83. The Morgan fingerprint density at radius 3 is 2.67 bits per heavy atom. The van der Waals surface area contributed by atoms with Crippen molar-refractivity contribution in [2.45, 2.75) is 0 Å². The molecule has 0 atom stereocenters. The van der Waals surface area contributed by atoms with Gasteiger partial charge in [-0.3, -0.25) is 25.4 Å². The molecule has 106 valence electrons. The second-order valence-corrected chi connectivity index (χ2v) is 4.48. The number of amides is 2. The van der Waals surface area contributed by atoms with Gasteiger partial charge in [0.15, 0.2) is 0 Å². The van der Waals surface area contributed by atoms with Gasteiger partial charge in [0.25, 0.3) is 11.8 Å². The van der Waals surface area contributed by atoms with Crippen molar-refractivity contribution in [3.05, 3.63) is 71.0 Å². The van der Waals surface area contributed by atoms with Crippen LogP contribution in [0.2, 0.25) is 5.02 Å². The van der Waals surface area contributed by atoms with Crippen molar-refractivity contribution in [3.63, 3.8) is 0 Å². The van der Waals surface area contributed by atoms with Gasteiger partial charge in [-0.1, -0.05) is 29.8 Å². The predicted molar refractivity (Wildman–Crippen MR) is 80.3 cm³/mol. The first-order valence-electron chi connectivity index (χ1n) is 6.10. The van der Waals surface area contributed by atoms with Crippen molar-refractivity contribution in [3.8, 4) is 0 Å². The lowest BCUT2D eigenvalue weighted by Gasteiger charge is -2.04. The SMILES string of the molecule is O=C(/C=C/c1cccc(Cl)c1)NNC(=O)c1ccccn1. The molecule has 0 bridgehead atoms. The Bertz CT molecular complexity index is 672. The number of hydrazine groups is 1. The lowest BCUT2D eigenvalue weighted by Crippen LogP contribution is -2.41. The number of benzene rings is 1. The van der Waals surface area contributed by atoms with E-state index < -0.39 is 11.8 Å². The summed E-state index contributed by atoms with van der Waals surface area (Å²) in [6.45, 7) is 0. The Kier molecular flexibility index (Phi) is 5.06. The number of hydrogen-bond donors (Lipinski definition) is 2. The van der Waals surface area contributed by atoms with Crippen LogP contribution in [-0.4, -0.2) is 16.8 Å². The van der Waals surface area contributed by atoms with Crippen LogP contribution in [0.4, 0.5) is 0 Å². The van der Waals surface area contributed by atoms with Crippen molar-refractivity contribution in [1.82, 2.24) is 15.8 Å². The molecule has 1 aromatic heterocycles. The van der Waals surface area contributed by atoms with E-state index in [0.717, 1.165) is 5.56 Å². The van der Waals surface area contributed by atoms with Crippen LogP contribution in [0.3, 0.4) is 0 Å². The summed E-state index contributed by atoms with van der Waals surface area (Å²) in [5.74, 6) is -0.945. The summed E-state index contributed by atoms with van der Waals surface area (Å²) in [4.78, 5) is 27.1. The van der Waals surface area contributed by atoms with Gasteiger partial charge in [0, 0.05) is 17.3 Å². The number of carbonyl (C=O) groups excluding carboxylic acids is 2. The van der Waals surface area contributed by atoms with Gasteiger partial charge < -0.3 is 0 Å². The number of carbonyl (C=O) groups is 2. The quantitative estimate of drug-likeness (QED) is 0.674. The molecule has 1 heterocycles. The molecule has 21 heavy (non-hydrogen) atoms. The van der Waals surface area contributed by atoms with Gasteiger partial charge in [0.05, 0.1) is 0 Å². The van der Waals surface area contributed by atoms with Gasteiger partial charge >= 0.3 is 0 Å². The highest BCUT2D eigenvalue weighted by molar-refractivity contribution is 6.30. The molecular weight excluding hydrogens is 290 g/mol. The number of hydrogen-bond acceptors (Lipinski definition) is 3. The maximum absolute atomic E-state index is 11.6. The van der Waals surface area contributed by atoms with Crippen LogP contribution in [0.1, 0.15) is 16.1 Å². The normalized spacial score (nSPS) is 10.3. The van der Waals surface area contributed by atoms with Gasteiger partial charge in [-0.05, 0) is 35.9 Å². The van der Waals surface area contributed by atoms with E-state index in [4.69, 9.17) is 11.6 Å². The largest absolute Gasteiger partial charge is 0.288 e. The molecule has 0 spiro atoms. The first-order chi connectivity index (χ1) is 10.1. The number of halogens is 1. The minimum absolute atomic E-state index is 0.219. The molecule has 0 aliphatic carbocycles. The number of nitrogens with zero attached hydrogens (tertiary/aromatic N) is 1. The maximum atomic E-state index is 11.6. The van der Waals surface area contributed by atoms with Crippen molar-refractivity contribution < 1.29 is 9.59 Å². The maximum Gasteiger partial charge on any atom is 0.288 e. The molecule has 0 unspecified atom stereocenters. The molecule has 2 aromatic rings. The molecular formula is C15H12ClN3O2. The smallest absolute Gasteiger partial charge is 0.268 e. The van der Waals surface area contributed by atoms with Crippen LogP contribution < -0.4 is 10.9 Å². The highest BCUT2D eigenvalue weighted by Gasteiger charge is 2.05. The first kappa shape index (κ1) is 14.7. The molecule has 0 saturated carbocycles. The van der Waals surface area contributed by atoms with Gasteiger partial charge in [-0.2, -0.15) is 0 Å². The molecule has 0 aliphatic heterocycles. The summed E-state index contributed by atoms with van der Waals surface area (Å²) in [6.07, 6.45) is 4.38. The molecule has 0 radical (unpaired) electrons. The van der Waals surface area contributed by atoms with Crippen LogP contribution in [0.15, 0.2) is 54.7 Å². The van der Waals surface area contributed by atoms with E-state index in [-0.39, 0.29) is 5.69 Å². The third kappa shape index (κ3) is 4.74. The second kappa shape index (κ2) is 7.21. The monoisotopic (exact) mass is 301 g/mol. The van der Waals surface area contributed by atoms with Gasteiger partial charge in [0.2, 0.25) is 0 Å². The highest BCUT2D eigenvalue weighted by atomic mass is 35.5. The number of aromatic nitrogens is 1. The van der Waals surface area contributed by atoms with Gasteiger partial charge in [-0.15, -0.1) is 0 Å². The molecule has 2 rings (SSSR count). The Balaban J connectivity index is 1.86. The zero-order valence-corrected chi connectivity index (χ0v) is 11.7. The fourth-order valence-electron chi connectivity index (χ4n) is 1.50. The third-order valence-electron chi connectivity index (χ3n) is 2.47. The molecule has 2 amide bonds. The van der Waals surface area contributed by atoms with E-state index in [1.807, 2.05) is 6.07 Å². The van der Waals surface area contributed by atoms with Crippen LogP contribution in [-0.2, 0) is 4.79 Å². The minimum atomic E-state index is -0.486. The zero-order chi connectivity index (χ0) is 15.1. The van der Waals surface area contributed by atoms with Crippen LogP contribution >= 0.6 is 11.6 Å². The van der Waals surface area contributed by atoms with Crippen molar-refractivity contribution in [2.24, 2.45) is 0 Å². The fraction of sp³-hybridized carbons (Fsp3) is 0. The third-order valence-corrected chi connectivity index (χ3v) is 2.71. The highest BCUT2D eigenvalue weighted by Crippen LogP contribution is 2.11. The van der Waals surface area contributed by atoms with Crippen LogP contribution in [0.5, 0.6) is 0 Å². The first-order valence-corrected chi connectivity index (χ1v) is 6.48. The van der Waals surface area contributed by atoms with Crippen molar-refractivity contribution >= 4 is 29.5 Å². The zero-order valence-electron chi connectivity index (χ0n) is 10.9. The van der Waals surface area contributed by atoms with E-state index in [1.165, 1.54) is 12.3 Å². The topological polar surface area (TPSA) is 71.1 Å². The molecule has 1 aromatic carbocycles. The summed E-state index contributed by atoms with van der Waals surface area (Å²) in [6, 6.07) is 12.0. The Hall–Kier alpha value is -2.66. The molecule has 6 heteroatoms. The van der Waals surface area contributed by atoms with Crippen molar-refractivity contribution in [1.29, 1.82) is 0 Å². The predicted octanol–water partition coefficient (Wildman–Crippen LogP) is 2.21. The van der Waals surface area contributed by atoms with E-state index in [9.17, 15) is 9.59 Å². The molecule has 0 aliphatic rings. The molecule has 5 nitrogen and oxygen atoms in total. The van der Waals surface area contributed by atoms with Gasteiger partial charge in [-0.25, -0.2) is 0 Å². The molecule has 0 saturated heterocycles. The summed E-state index contributed by atoms with van der Waals surface area (Å²) in [7, 11) is 0. The summed E-state index contributed by atoms with van der Waals surface area (Å²) < 4.78 is 0. The van der Waals surface area contributed by atoms with Crippen LogP contribution in [0.25, 0.3) is 6.08 Å². The van der Waals surface area contributed by atoms with E-state index in [0.29, 0.717) is 5.02 Å². The Morgan fingerprint density at radius 2 is 1.95 bits per heavy atom. The number of rotatable bonds is 3. The lowest BCUT2D eigenvalue weighted by atomic mass is 10.2. The summed E-state index contributed by atoms with van der Waals surface area (Å²) in [5, 5.41) is 0.584.